The number of hydrogen-bond acceptors (Lipinski definition) is 2. The van der Waals surface area contributed by atoms with Gasteiger partial charge in [0.05, 0.1) is 5.69 Å². The van der Waals surface area contributed by atoms with Crippen LogP contribution >= 0.6 is 0 Å². The lowest BCUT2D eigenvalue weighted by Crippen LogP contribution is -2.12. The van der Waals surface area contributed by atoms with Crippen molar-refractivity contribution < 1.29 is 0 Å². The van der Waals surface area contributed by atoms with Crippen LogP contribution in [0.1, 0.15) is 11.1 Å². The summed E-state index contributed by atoms with van der Waals surface area (Å²) in [5.74, 6) is 0.383. The Kier molecular flexibility index (Phi) is 4.40. The summed E-state index contributed by atoms with van der Waals surface area (Å²) in [6, 6.07) is 5.94. The maximum Gasteiger partial charge on any atom is 0.130 e. The van der Waals surface area contributed by atoms with Crippen molar-refractivity contribution in [1.82, 2.24) is 0 Å². The Balaban J connectivity index is 2.94. The first-order valence-corrected chi connectivity index (χ1v) is 5.27. The zero-order chi connectivity index (χ0) is 12.8. The Morgan fingerprint density at radius 3 is 2.59 bits per heavy atom. The van der Waals surface area contributed by atoms with Crippen LogP contribution in [0.2, 0.25) is 0 Å². The summed E-state index contributed by atoms with van der Waals surface area (Å²) in [5.41, 5.74) is 9.68. The molecule has 0 bridgehead atoms. The van der Waals surface area contributed by atoms with Gasteiger partial charge in [-0.05, 0) is 49.9 Å². The lowest BCUT2D eigenvalue weighted by molar-refractivity contribution is 1.32. The van der Waals surface area contributed by atoms with Gasteiger partial charge in [0.25, 0.3) is 0 Å². The van der Waals surface area contributed by atoms with E-state index in [9.17, 15) is 0 Å². The zero-order valence-corrected chi connectivity index (χ0v) is 10.3. The van der Waals surface area contributed by atoms with Crippen molar-refractivity contribution in [1.29, 1.82) is 0 Å². The number of aliphatic imine (C=N–C) groups is 2. The number of rotatable bonds is 4. The molecule has 1 aromatic carbocycles. The van der Waals surface area contributed by atoms with Gasteiger partial charge >= 0.3 is 0 Å². The molecule has 3 nitrogen and oxygen atoms in total. The van der Waals surface area contributed by atoms with Gasteiger partial charge in [-0.25, -0.2) is 4.99 Å². The van der Waals surface area contributed by atoms with Crippen LogP contribution in [0, 0.1) is 13.8 Å². The maximum atomic E-state index is 5.82. The highest BCUT2D eigenvalue weighted by molar-refractivity contribution is 6.00. The highest BCUT2D eigenvalue weighted by Crippen LogP contribution is 2.17. The van der Waals surface area contributed by atoms with Crippen molar-refractivity contribution in [3.05, 3.63) is 53.8 Å². The van der Waals surface area contributed by atoms with Crippen LogP contribution in [0.4, 0.5) is 5.69 Å². The first-order chi connectivity index (χ1) is 8.04. The molecule has 0 saturated carbocycles. The number of aryl methyl sites for hydroxylation is 2. The molecule has 0 amide bonds. The van der Waals surface area contributed by atoms with Gasteiger partial charge in [-0.1, -0.05) is 12.6 Å². The summed E-state index contributed by atoms with van der Waals surface area (Å²) < 4.78 is 0. The van der Waals surface area contributed by atoms with Crippen LogP contribution in [0.5, 0.6) is 0 Å². The average Bonchev–Trinajstić information content (AvgIpc) is 2.30. The number of hydrogen-bond donors (Lipinski definition) is 1. The molecule has 0 saturated heterocycles. The predicted molar refractivity (Wildman–Crippen MR) is 75.0 cm³/mol. The molecular weight excluding hydrogens is 210 g/mol. The molecule has 0 radical (unpaired) electrons. The predicted octanol–water partition coefficient (Wildman–Crippen LogP) is 3.06. The number of amidine groups is 1. The van der Waals surface area contributed by atoms with Gasteiger partial charge in [-0.3, -0.25) is 4.99 Å². The van der Waals surface area contributed by atoms with Crippen molar-refractivity contribution >= 4 is 18.2 Å². The Hall–Kier alpha value is -2.16. The second-order valence-corrected chi connectivity index (χ2v) is 3.79. The van der Waals surface area contributed by atoms with Crippen LogP contribution < -0.4 is 5.73 Å². The topological polar surface area (TPSA) is 50.7 Å². The van der Waals surface area contributed by atoms with E-state index < -0.39 is 0 Å². The molecule has 0 fully saturated rings. The summed E-state index contributed by atoms with van der Waals surface area (Å²) in [7, 11) is 0. The van der Waals surface area contributed by atoms with E-state index in [-0.39, 0.29) is 0 Å². The van der Waals surface area contributed by atoms with E-state index in [1.165, 1.54) is 17.3 Å². The molecule has 0 spiro atoms. The van der Waals surface area contributed by atoms with Gasteiger partial charge in [0.15, 0.2) is 0 Å². The average molecular weight is 227 g/mol. The normalized spacial score (nSPS) is 11.8. The van der Waals surface area contributed by atoms with Crippen LogP contribution in [-0.2, 0) is 0 Å². The van der Waals surface area contributed by atoms with E-state index in [0.717, 1.165) is 5.69 Å². The Morgan fingerprint density at radius 2 is 2.00 bits per heavy atom. The lowest BCUT2D eigenvalue weighted by Gasteiger charge is -2.03. The number of benzene rings is 1. The number of nitrogens with two attached hydrogens (primary N) is 1. The molecular formula is C14H17N3. The smallest absolute Gasteiger partial charge is 0.130 e. The molecule has 2 N–H and O–H groups in total. The SMILES string of the molecule is C=N/C=C\C(=C)C(N)=Nc1ccc(C)c(C)c1. The minimum Gasteiger partial charge on any atom is -0.383 e. The molecule has 0 aliphatic carbocycles. The minimum atomic E-state index is 0.383. The largest absolute Gasteiger partial charge is 0.383 e. The summed E-state index contributed by atoms with van der Waals surface area (Å²) in [6.07, 6.45) is 3.21. The molecule has 0 aliphatic rings. The van der Waals surface area contributed by atoms with Gasteiger partial charge in [0.2, 0.25) is 0 Å². The molecule has 0 atom stereocenters. The monoisotopic (exact) mass is 227 g/mol. The molecule has 17 heavy (non-hydrogen) atoms. The Morgan fingerprint density at radius 1 is 1.29 bits per heavy atom. The second-order valence-electron chi connectivity index (χ2n) is 3.79. The third kappa shape index (κ3) is 3.72. The van der Waals surface area contributed by atoms with Crippen LogP contribution in [0.15, 0.2) is 52.6 Å². The van der Waals surface area contributed by atoms with Crippen molar-refractivity contribution in [2.24, 2.45) is 15.7 Å². The fraction of sp³-hybridized carbons (Fsp3) is 0.143. The quantitative estimate of drug-likeness (QED) is 0.479. The Bertz CT molecular complexity index is 496. The van der Waals surface area contributed by atoms with Gasteiger partial charge in [-0.2, -0.15) is 0 Å². The van der Waals surface area contributed by atoms with Gasteiger partial charge < -0.3 is 5.73 Å². The first-order valence-electron chi connectivity index (χ1n) is 5.27. The molecule has 0 aliphatic heterocycles. The van der Waals surface area contributed by atoms with Gasteiger partial charge in [0, 0.05) is 11.8 Å². The highest BCUT2D eigenvalue weighted by atomic mass is 14.9. The fourth-order valence-electron chi connectivity index (χ4n) is 1.23. The summed E-state index contributed by atoms with van der Waals surface area (Å²) in [4.78, 5) is 7.88. The van der Waals surface area contributed by atoms with Crippen molar-refractivity contribution in [3.8, 4) is 0 Å². The van der Waals surface area contributed by atoms with Gasteiger partial charge in [-0.15, -0.1) is 0 Å². The van der Waals surface area contributed by atoms with Crippen LogP contribution in [0.25, 0.3) is 0 Å². The van der Waals surface area contributed by atoms with Crippen molar-refractivity contribution in [3.63, 3.8) is 0 Å². The van der Waals surface area contributed by atoms with E-state index >= 15 is 0 Å². The zero-order valence-electron chi connectivity index (χ0n) is 10.3. The van der Waals surface area contributed by atoms with E-state index in [2.05, 4.69) is 30.2 Å². The fourth-order valence-corrected chi connectivity index (χ4v) is 1.23. The molecule has 0 heterocycles. The molecule has 0 unspecified atom stereocenters. The third-order valence-electron chi connectivity index (χ3n) is 2.45. The summed E-state index contributed by atoms with van der Waals surface area (Å²) >= 11 is 0. The second kappa shape index (κ2) is 5.80. The number of nitrogens with zero attached hydrogens (tertiary/aromatic N) is 2. The van der Waals surface area contributed by atoms with E-state index in [4.69, 9.17) is 5.73 Å². The van der Waals surface area contributed by atoms with Crippen molar-refractivity contribution in [2.75, 3.05) is 0 Å². The molecule has 88 valence electrons. The van der Waals surface area contributed by atoms with E-state index in [0.29, 0.717) is 11.4 Å². The Labute approximate surface area is 102 Å². The molecule has 1 aromatic rings. The van der Waals surface area contributed by atoms with Crippen LogP contribution in [0.3, 0.4) is 0 Å². The first kappa shape index (κ1) is 12.9. The van der Waals surface area contributed by atoms with Gasteiger partial charge in [0.1, 0.15) is 5.84 Å². The lowest BCUT2D eigenvalue weighted by atomic mass is 10.1. The van der Waals surface area contributed by atoms with E-state index in [1.54, 1.807) is 6.08 Å². The summed E-state index contributed by atoms with van der Waals surface area (Å²) in [5, 5.41) is 0. The minimum absolute atomic E-state index is 0.383. The van der Waals surface area contributed by atoms with Crippen molar-refractivity contribution in [2.45, 2.75) is 13.8 Å². The maximum absolute atomic E-state index is 5.82. The van der Waals surface area contributed by atoms with E-state index in [1.807, 2.05) is 25.1 Å². The highest BCUT2D eigenvalue weighted by Gasteiger charge is 1.98. The molecule has 0 aromatic heterocycles. The molecule has 1 rings (SSSR count). The molecule has 3 heteroatoms. The van der Waals surface area contributed by atoms with Crippen LogP contribution in [-0.4, -0.2) is 12.6 Å². The standard InChI is InChI=1S/C14H17N3/c1-10-5-6-13(9-12(10)3)17-14(15)11(2)7-8-16-4/h5-9H,2,4H2,1,3H3,(H2,15,17)/b8-7-. The third-order valence-corrected chi connectivity index (χ3v) is 2.45. The summed E-state index contributed by atoms with van der Waals surface area (Å²) in [6.45, 7) is 11.2.